The highest BCUT2D eigenvalue weighted by Crippen LogP contribution is 2.01. The minimum absolute atomic E-state index is 0.0345. The average molecular weight is 155 g/mol. The number of rotatable bonds is 3. The number of nitrogens with zero attached hydrogens (tertiary/aromatic N) is 3. The van der Waals surface area contributed by atoms with Gasteiger partial charge in [-0.2, -0.15) is 0 Å². The van der Waals surface area contributed by atoms with Crippen molar-refractivity contribution < 1.29 is 5.11 Å². The molecule has 4 nitrogen and oxygen atoms in total. The van der Waals surface area contributed by atoms with Crippen molar-refractivity contribution in [1.29, 1.82) is 0 Å². The fourth-order valence-electron chi connectivity index (χ4n) is 0.978. The zero-order valence-electron chi connectivity index (χ0n) is 6.91. The van der Waals surface area contributed by atoms with Gasteiger partial charge in [0, 0.05) is 13.5 Å². The van der Waals surface area contributed by atoms with E-state index in [1.165, 1.54) is 0 Å². The number of hydrogen-bond acceptors (Lipinski definition) is 3. The molecule has 0 saturated heterocycles. The Morgan fingerprint density at radius 3 is 2.45 bits per heavy atom. The van der Waals surface area contributed by atoms with Crippen LogP contribution in [0.15, 0.2) is 0 Å². The van der Waals surface area contributed by atoms with E-state index in [1.807, 2.05) is 11.6 Å². The molecule has 1 aromatic rings. The second kappa shape index (κ2) is 3.48. The highest BCUT2D eigenvalue weighted by atomic mass is 16.3. The lowest BCUT2D eigenvalue weighted by molar-refractivity contribution is 0.266. The lowest BCUT2D eigenvalue weighted by Crippen LogP contribution is -2.01. The molecule has 0 bridgehead atoms. The van der Waals surface area contributed by atoms with E-state index >= 15 is 0 Å². The molecular weight excluding hydrogens is 142 g/mol. The Morgan fingerprint density at radius 1 is 1.36 bits per heavy atom. The van der Waals surface area contributed by atoms with Gasteiger partial charge in [0.05, 0.1) is 0 Å². The first-order valence-electron chi connectivity index (χ1n) is 3.77. The minimum Gasteiger partial charge on any atom is -0.388 e. The van der Waals surface area contributed by atoms with Gasteiger partial charge in [0.15, 0.2) is 5.82 Å². The molecule has 1 N–H and O–H groups in total. The van der Waals surface area contributed by atoms with Crippen molar-refractivity contribution in [2.45, 2.75) is 26.4 Å². The van der Waals surface area contributed by atoms with Gasteiger partial charge in [-0.1, -0.05) is 6.92 Å². The number of aromatic nitrogens is 3. The molecule has 0 aliphatic heterocycles. The van der Waals surface area contributed by atoms with Crippen molar-refractivity contribution in [2.75, 3.05) is 0 Å². The summed E-state index contributed by atoms with van der Waals surface area (Å²) >= 11 is 0. The Kier molecular flexibility index (Phi) is 2.59. The van der Waals surface area contributed by atoms with Gasteiger partial charge in [-0.3, -0.25) is 0 Å². The second-order valence-corrected chi connectivity index (χ2v) is 2.50. The first kappa shape index (κ1) is 8.20. The van der Waals surface area contributed by atoms with Crippen LogP contribution in [0.25, 0.3) is 0 Å². The van der Waals surface area contributed by atoms with E-state index in [9.17, 15) is 0 Å². The van der Waals surface area contributed by atoms with Crippen LogP contribution in [-0.2, 0) is 20.1 Å². The highest BCUT2D eigenvalue weighted by Gasteiger charge is 2.04. The summed E-state index contributed by atoms with van der Waals surface area (Å²) in [5.74, 6) is 1.57. The summed E-state index contributed by atoms with van der Waals surface area (Å²) < 4.78 is 1.84. The van der Waals surface area contributed by atoms with Gasteiger partial charge >= 0.3 is 0 Å². The zero-order chi connectivity index (χ0) is 8.27. The molecule has 11 heavy (non-hydrogen) atoms. The normalized spacial score (nSPS) is 10.5. The van der Waals surface area contributed by atoms with Crippen molar-refractivity contribution in [2.24, 2.45) is 7.05 Å². The van der Waals surface area contributed by atoms with E-state index in [0.29, 0.717) is 5.82 Å². The third-order valence-corrected chi connectivity index (χ3v) is 1.67. The number of aliphatic hydroxyl groups excluding tert-OH is 1. The van der Waals surface area contributed by atoms with Gasteiger partial charge < -0.3 is 9.67 Å². The molecule has 0 aliphatic carbocycles. The summed E-state index contributed by atoms with van der Waals surface area (Å²) in [7, 11) is 1.87. The van der Waals surface area contributed by atoms with Gasteiger partial charge in [0.1, 0.15) is 12.4 Å². The van der Waals surface area contributed by atoms with E-state index in [1.54, 1.807) is 0 Å². The summed E-state index contributed by atoms with van der Waals surface area (Å²) in [6.07, 6.45) is 1.97. The number of aliphatic hydroxyl groups is 1. The van der Waals surface area contributed by atoms with E-state index in [0.717, 1.165) is 18.7 Å². The standard InChI is InChI=1S/C7H13N3O/c1-3-4-6-8-9-7(5-11)10(6)2/h11H,3-5H2,1-2H3. The second-order valence-electron chi connectivity index (χ2n) is 2.50. The summed E-state index contributed by atoms with van der Waals surface area (Å²) in [6, 6.07) is 0. The van der Waals surface area contributed by atoms with Crippen molar-refractivity contribution in [1.82, 2.24) is 14.8 Å². The lowest BCUT2D eigenvalue weighted by atomic mass is 10.3. The monoisotopic (exact) mass is 155 g/mol. The molecule has 1 aromatic heterocycles. The number of aryl methyl sites for hydroxylation is 1. The molecule has 0 radical (unpaired) electrons. The predicted molar refractivity (Wildman–Crippen MR) is 40.9 cm³/mol. The van der Waals surface area contributed by atoms with Gasteiger partial charge in [0.2, 0.25) is 0 Å². The van der Waals surface area contributed by atoms with E-state index in [-0.39, 0.29) is 6.61 Å². The fourth-order valence-corrected chi connectivity index (χ4v) is 0.978. The highest BCUT2D eigenvalue weighted by molar-refractivity contribution is 4.93. The van der Waals surface area contributed by atoms with Crippen molar-refractivity contribution in [3.8, 4) is 0 Å². The van der Waals surface area contributed by atoms with Gasteiger partial charge in [-0.25, -0.2) is 0 Å². The van der Waals surface area contributed by atoms with Gasteiger partial charge in [-0.05, 0) is 6.42 Å². The Bertz CT molecular complexity index is 232. The van der Waals surface area contributed by atoms with E-state index in [4.69, 9.17) is 5.11 Å². The molecule has 0 fully saturated rings. The summed E-state index contributed by atoms with van der Waals surface area (Å²) in [5.41, 5.74) is 0. The molecule has 4 heteroatoms. The largest absolute Gasteiger partial charge is 0.388 e. The van der Waals surface area contributed by atoms with E-state index < -0.39 is 0 Å². The van der Waals surface area contributed by atoms with Crippen LogP contribution < -0.4 is 0 Å². The molecule has 62 valence electrons. The molecule has 0 atom stereocenters. The lowest BCUT2D eigenvalue weighted by Gasteiger charge is -1.98. The summed E-state index contributed by atoms with van der Waals surface area (Å²) in [5, 5.41) is 16.5. The van der Waals surface area contributed by atoms with Crippen LogP contribution in [0.3, 0.4) is 0 Å². The topological polar surface area (TPSA) is 50.9 Å². The molecular formula is C7H13N3O. The Morgan fingerprint density at radius 2 is 2.00 bits per heavy atom. The minimum atomic E-state index is -0.0345. The van der Waals surface area contributed by atoms with Gasteiger partial charge in [-0.15, -0.1) is 10.2 Å². The smallest absolute Gasteiger partial charge is 0.158 e. The van der Waals surface area contributed by atoms with Crippen LogP contribution in [0, 0.1) is 0 Å². The van der Waals surface area contributed by atoms with Crippen molar-refractivity contribution >= 4 is 0 Å². The first-order valence-corrected chi connectivity index (χ1v) is 3.77. The third-order valence-electron chi connectivity index (χ3n) is 1.67. The predicted octanol–water partition coefficient (Wildman–Crippen LogP) is 0.260. The Balaban J connectivity index is 2.82. The molecule has 1 rings (SSSR count). The van der Waals surface area contributed by atoms with Crippen LogP contribution in [0.1, 0.15) is 25.0 Å². The van der Waals surface area contributed by atoms with Crippen molar-refractivity contribution in [3.05, 3.63) is 11.6 Å². The molecule has 0 spiro atoms. The summed E-state index contributed by atoms with van der Waals surface area (Å²) in [6.45, 7) is 2.06. The zero-order valence-corrected chi connectivity index (χ0v) is 6.91. The maximum atomic E-state index is 8.78. The Hall–Kier alpha value is -0.900. The molecule has 0 aromatic carbocycles. The third kappa shape index (κ3) is 1.57. The van der Waals surface area contributed by atoms with Crippen LogP contribution in [0.5, 0.6) is 0 Å². The quantitative estimate of drug-likeness (QED) is 0.681. The SMILES string of the molecule is CCCc1nnc(CO)n1C. The molecule has 0 saturated carbocycles. The average Bonchev–Trinajstić information content (AvgIpc) is 2.34. The maximum Gasteiger partial charge on any atom is 0.158 e. The van der Waals surface area contributed by atoms with Crippen LogP contribution >= 0.6 is 0 Å². The van der Waals surface area contributed by atoms with E-state index in [2.05, 4.69) is 17.1 Å². The van der Waals surface area contributed by atoms with Crippen LogP contribution in [0.2, 0.25) is 0 Å². The maximum absolute atomic E-state index is 8.78. The fraction of sp³-hybridized carbons (Fsp3) is 0.714. The van der Waals surface area contributed by atoms with Crippen LogP contribution in [0.4, 0.5) is 0 Å². The number of hydrogen-bond donors (Lipinski definition) is 1. The molecule has 1 heterocycles. The van der Waals surface area contributed by atoms with Gasteiger partial charge in [0.25, 0.3) is 0 Å². The Labute approximate surface area is 65.9 Å². The molecule has 0 unspecified atom stereocenters. The molecule has 0 amide bonds. The summed E-state index contributed by atoms with van der Waals surface area (Å²) in [4.78, 5) is 0. The van der Waals surface area contributed by atoms with Crippen LogP contribution in [-0.4, -0.2) is 19.9 Å². The first-order chi connectivity index (χ1) is 5.29. The molecule has 0 aliphatic rings. The van der Waals surface area contributed by atoms with Crippen molar-refractivity contribution in [3.63, 3.8) is 0 Å².